The van der Waals surface area contributed by atoms with E-state index in [0.717, 1.165) is 19.4 Å². The second-order valence-electron chi connectivity index (χ2n) is 3.88. The summed E-state index contributed by atoms with van der Waals surface area (Å²) in [7, 11) is -1.16. The first-order valence-electron chi connectivity index (χ1n) is 5.39. The lowest BCUT2D eigenvalue weighted by Gasteiger charge is -2.17. The Kier molecular flexibility index (Phi) is 8.00. The molecule has 5 heteroatoms. The molecule has 1 N–H and O–H groups in total. The van der Waals surface area contributed by atoms with Crippen LogP contribution in [0.4, 0.5) is 0 Å². The molecule has 0 heterocycles. The van der Waals surface area contributed by atoms with E-state index in [9.17, 15) is 8.42 Å². The summed E-state index contributed by atoms with van der Waals surface area (Å²) in [5.74, 6) is 0.265. The van der Waals surface area contributed by atoms with E-state index in [4.69, 9.17) is 4.74 Å². The van der Waals surface area contributed by atoms with E-state index in [0.29, 0.717) is 13.0 Å². The van der Waals surface area contributed by atoms with E-state index in [1.54, 1.807) is 7.11 Å². The molecule has 0 saturated carbocycles. The molecule has 0 rings (SSSR count). The van der Waals surface area contributed by atoms with E-state index in [1.165, 1.54) is 6.26 Å². The van der Waals surface area contributed by atoms with Gasteiger partial charge in [0.1, 0.15) is 9.84 Å². The van der Waals surface area contributed by atoms with Crippen molar-refractivity contribution in [3.8, 4) is 0 Å². The van der Waals surface area contributed by atoms with E-state index >= 15 is 0 Å². The van der Waals surface area contributed by atoms with E-state index in [-0.39, 0.29) is 11.8 Å². The van der Waals surface area contributed by atoms with Gasteiger partial charge in [0.2, 0.25) is 0 Å². The van der Waals surface area contributed by atoms with Gasteiger partial charge in [-0.25, -0.2) is 8.42 Å². The molecule has 15 heavy (non-hydrogen) atoms. The third-order valence-corrected chi connectivity index (χ3v) is 3.15. The molecule has 0 bridgehead atoms. The fourth-order valence-corrected chi connectivity index (χ4v) is 2.08. The van der Waals surface area contributed by atoms with E-state index < -0.39 is 9.84 Å². The largest absolute Gasteiger partial charge is 0.383 e. The van der Waals surface area contributed by atoms with Gasteiger partial charge in [0.15, 0.2) is 0 Å². The van der Waals surface area contributed by atoms with Gasteiger partial charge in [-0.3, -0.25) is 0 Å². The second kappa shape index (κ2) is 8.07. The standard InChI is InChI=1S/C10H23NO3S/c1-4-7-11-10(9-14-2)6-5-8-15(3,12)13/h10-11H,4-9H2,1-3H3. The van der Waals surface area contributed by atoms with Gasteiger partial charge in [-0.15, -0.1) is 0 Å². The number of sulfone groups is 1. The van der Waals surface area contributed by atoms with Crippen molar-refractivity contribution >= 4 is 9.84 Å². The first-order valence-corrected chi connectivity index (χ1v) is 7.45. The Bertz CT molecular complexity index is 239. The molecule has 0 aliphatic carbocycles. The molecule has 0 spiro atoms. The predicted octanol–water partition coefficient (Wildman–Crippen LogP) is 0.826. The van der Waals surface area contributed by atoms with Crippen LogP contribution in [-0.4, -0.2) is 46.7 Å². The summed E-state index contributed by atoms with van der Waals surface area (Å²) in [6.45, 7) is 3.70. The molecule has 1 atom stereocenters. The highest BCUT2D eigenvalue weighted by molar-refractivity contribution is 7.90. The summed E-state index contributed by atoms with van der Waals surface area (Å²) in [5.41, 5.74) is 0. The van der Waals surface area contributed by atoms with Crippen LogP contribution in [0.5, 0.6) is 0 Å². The van der Waals surface area contributed by atoms with Crippen LogP contribution in [0.25, 0.3) is 0 Å². The van der Waals surface area contributed by atoms with Crippen LogP contribution in [0.2, 0.25) is 0 Å². The van der Waals surface area contributed by atoms with Crippen molar-refractivity contribution < 1.29 is 13.2 Å². The molecule has 92 valence electrons. The SMILES string of the molecule is CCCNC(CCCS(C)(=O)=O)COC. The summed E-state index contributed by atoms with van der Waals surface area (Å²) in [5, 5.41) is 3.34. The second-order valence-corrected chi connectivity index (χ2v) is 6.14. The predicted molar refractivity (Wildman–Crippen MR) is 62.9 cm³/mol. The van der Waals surface area contributed by atoms with Gasteiger partial charge >= 0.3 is 0 Å². The molecule has 0 radical (unpaired) electrons. The Morgan fingerprint density at radius 2 is 2.07 bits per heavy atom. The summed E-state index contributed by atoms with van der Waals surface area (Å²) in [6.07, 6.45) is 3.90. The van der Waals surface area contributed by atoms with Crippen LogP contribution in [0, 0.1) is 0 Å². The maximum atomic E-state index is 10.9. The molecule has 0 aromatic heterocycles. The van der Waals surface area contributed by atoms with E-state index in [1.807, 2.05) is 0 Å². The number of hydrogen-bond donors (Lipinski definition) is 1. The maximum Gasteiger partial charge on any atom is 0.147 e. The van der Waals surface area contributed by atoms with Crippen LogP contribution in [-0.2, 0) is 14.6 Å². The monoisotopic (exact) mass is 237 g/mol. The molecule has 1 unspecified atom stereocenters. The summed E-state index contributed by atoms with van der Waals surface area (Å²) in [4.78, 5) is 0. The van der Waals surface area contributed by atoms with Gasteiger partial charge < -0.3 is 10.1 Å². The van der Waals surface area contributed by atoms with Crippen molar-refractivity contribution in [2.24, 2.45) is 0 Å². The first-order chi connectivity index (χ1) is 6.99. The molecule has 0 aliphatic rings. The Labute approximate surface area is 93.3 Å². The number of nitrogens with one attached hydrogen (secondary N) is 1. The normalized spacial score (nSPS) is 14.1. The molecule has 0 aromatic carbocycles. The van der Waals surface area contributed by atoms with Crippen LogP contribution < -0.4 is 5.32 Å². The third kappa shape index (κ3) is 10.2. The lowest BCUT2D eigenvalue weighted by atomic mass is 10.2. The van der Waals surface area contributed by atoms with Gasteiger partial charge in [-0.1, -0.05) is 6.92 Å². The highest BCUT2D eigenvalue weighted by Crippen LogP contribution is 2.01. The minimum atomic E-state index is -2.82. The molecular formula is C10H23NO3S. The number of methoxy groups -OCH3 is 1. The van der Waals surface area contributed by atoms with Crippen LogP contribution >= 0.6 is 0 Å². The van der Waals surface area contributed by atoms with Crippen molar-refractivity contribution in [1.29, 1.82) is 0 Å². The third-order valence-electron chi connectivity index (χ3n) is 2.12. The topological polar surface area (TPSA) is 55.4 Å². The molecule has 0 saturated heterocycles. The van der Waals surface area contributed by atoms with E-state index in [2.05, 4.69) is 12.2 Å². The van der Waals surface area contributed by atoms with Gasteiger partial charge in [-0.2, -0.15) is 0 Å². The minimum Gasteiger partial charge on any atom is -0.383 e. The van der Waals surface area contributed by atoms with Crippen molar-refractivity contribution in [3.05, 3.63) is 0 Å². The molecule has 0 aromatic rings. The maximum absolute atomic E-state index is 10.9. The quantitative estimate of drug-likeness (QED) is 0.645. The number of hydrogen-bond acceptors (Lipinski definition) is 4. The fraction of sp³-hybridized carbons (Fsp3) is 1.00. The number of rotatable bonds is 9. The van der Waals surface area contributed by atoms with Gasteiger partial charge in [0.05, 0.1) is 6.61 Å². The van der Waals surface area contributed by atoms with Crippen LogP contribution in [0.15, 0.2) is 0 Å². The highest BCUT2D eigenvalue weighted by atomic mass is 32.2. The summed E-state index contributed by atoms with van der Waals surface area (Å²) in [6, 6.07) is 0.275. The highest BCUT2D eigenvalue weighted by Gasteiger charge is 2.09. The molecular weight excluding hydrogens is 214 g/mol. The average Bonchev–Trinajstić information content (AvgIpc) is 2.12. The Morgan fingerprint density at radius 1 is 1.40 bits per heavy atom. The van der Waals surface area contributed by atoms with Gasteiger partial charge in [-0.05, 0) is 25.8 Å². The zero-order valence-corrected chi connectivity index (χ0v) is 10.8. The van der Waals surface area contributed by atoms with Gasteiger partial charge in [0.25, 0.3) is 0 Å². The van der Waals surface area contributed by atoms with Crippen molar-refractivity contribution in [2.75, 3.05) is 32.3 Å². The molecule has 4 nitrogen and oxygen atoms in total. The fourth-order valence-electron chi connectivity index (χ4n) is 1.39. The zero-order valence-electron chi connectivity index (χ0n) is 9.95. The summed E-state index contributed by atoms with van der Waals surface area (Å²) < 4.78 is 26.9. The molecule has 0 fully saturated rings. The van der Waals surface area contributed by atoms with Crippen LogP contribution in [0.3, 0.4) is 0 Å². The average molecular weight is 237 g/mol. The smallest absolute Gasteiger partial charge is 0.147 e. The zero-order chi connectivity index (χ0) is 11.7. The Hall–Kier alpha value is -0.130. The lowest BCUT2D eigenvalue weighted by Crippen LogP contribution is -2.34. The minimum absolute atomic E-state index is 0.265. The van der Waals surface area contributed by atoms with Crippen molar-refractivity contribution in [2.45, 2.75) is 32.2 Å². The van der Waals surface area contributed by atoms with Crippen LogP contribution in [0.1, 0.15) is 26.2 Å². The first kappa shape index (κ1) is 14.9. The van der Waals surface area contributed by atoms with Crippen molar-refractivity contribution in [3.63, 3.8) is 0 Å². The van der Waals surface area contributed by atoms with Gasteiger partial charge in [0, 0.05) is 25.2 Å². The lowest BCUT2D eigenvalue weighted by molar-refractivity contribution is 0.162. The number of ether oxygens (including phenoxy) is 1. The molecule has 0 aliphatic heterocycles. The Balaban J connectivity index is 3.74. The van der Waals surface area contributed by atoms with Crippen molar-refractivity contribution in [1.82, 2.24) is 5.32 Å². The Morgan fingerprint density at radius 3 is 2.53 bits per heavy atom. The summed E-state index contributed by atoms with van der Waals surface area (Å²) >= 11 is 0. The molecule has 0 amide bonds.